The molecule has 0 atom stereocenters. The first-order chi connectivity index (χ1) is 17.7. The molecule has 178 valence electrons. The normalized spacial score (nSPS) is 14.6. The largest absolute Gasteiger partial charge is 0.360 e. The van der Waals surface area contributed by atoms with Crippen LogP contribution in [0.5, 0.6) is 0 Å². The van der Waals surface area contributed by atoms with Gasteiger partial charge in [0, 0.05) is 43.5 Å². The van der Waals surface area contributed by atoms with Crippen molar-refractivity contribution in [2.24, 2.45) is 0 Å². The van der Waals surface area contributed by atoms with Gasteiger partial charge in [-0.2, -0.15) is 5.26 Å². The number of hydrogen-bond donors (Lipinski definition) is 1. The highest BCUT2D eigenvalue weighted by atomic mass is 16.2. The lowest BCUT2D eigenvalue weighted by Crippen LogP contribution is -2.50. The molecule has 5 rings (SSSR count). The topological polar surface area (TPSA) is 59.4 Å². The van der Waals surface area contributed by atoms with Crippen LogP contribution in [-0.2, 0) is 4.79 Å². The number of amides is 1. The minimum absolute atomic E-state index is 0.110. The van der Waals surface area contributed by atoms with Crippen LogP contribution in [0.2, 0.25) is 0 Å². The van der Waals surface area contributed by atoms with Crippen LogP contribution in [0.25, 0.3) is 10.8 Å². The number of carbonyl (C=O) groups excluding carboxylic acids is 1. The number of benzene rings is 4. The van der Waals surface area contributed by atoms with E-state index < -0.39 is 0 Å². The number of anilines is 1. The molecule has 0 aromatic heterocycles. The molecule has 5 nitrogen and oxygen atoms in total. The van der Waals surface area contributed by atoms with Gasteiger partial charge in [-0.25, -0.2) is 0 Å². The van der Waals surface area contributed by atoms with Gasteiger partial charge in [-0.3, -0.25) is 9.69 Å². The maximum atomic E-state index is 13.2. The Morgan fingerprint density at radius 2 is 1.36 bits per heavy atom. The molecule has 5 heteroatoms. The van der Waals surface area contributed by atoms with Crippen LogP contribution in [0, 0.1) is 11.3 Å². The summed E-state index contributed by atoms with van der Waals surface area (Å²) < 4.78 is 0. The van der Waals surface area contributed by atoms with Crippen LogP contribution in [0.1, 0.15) is 17.2 Å². The number of nitrogens with one attached hydrogen (secondary N) is 1. The molecule has 4 aromatic carbocycles. The third kappa shape index (κ3) is 5.00. The number of piperazine rings is 1. The van der Waals surface area contributed by atoms with E-state index in [4.69, 9.17) is 0 Å². The van der Waals surface area contributed by atoms with Crippen LogP contribution in [-0.4, -0.2) is 41.9 Å². The van der Waals surface area contributed by atoms with E-state index in [-0.39, 0.29) is 17.5 Å². The van der Waals surface area contributed by atoms with E-state index >= 15 is 0 Å². The maximum absolute atomic E-state index is 13.2. The van der Waals surface area contributed by atoms with Crippen molar-refractivity contribution in [3.63, 3.8) is 0 Å². The van der Waals surface area contributed by atoms with Gasteiger partial charge in [0.25, 0.3) is 5.91 Å². The van der Waals surface area contributed by atoms with Gasteiger partial charge in [0.05, 0.1) is 6.04 Å². The van der Waals surface area contributed by atoms with Gasteiger partial charge in [0.1, 0.15) is 11.6 Å². The highest BCUT2D eigenvalue weighted by molar-refractivity contribution is 5.99. The summed E-state index contributed by atoms with van der Waals surface area (Å²) in [6.07, 6.45) is 1.53. The quantitative estimate of drug-likeness (QED) is 0.293. The Bertz CT molecular complexity index is 1360. The predicted octanol–water partition coefficient (Wildman–Crippen LogP) is 5.59. The molecule has 1 aliphatic heterocycles. The summed E-state index contributed by atoms with van der Waals surface area (Å²) in [5, 5.41) is 15.1. The Kier molecular flexibility index (Phi) is 7.07. The molecular formula is C31H28N4O. The molecule has 1 amide bonds. The van der Waals surface area contributed by atoms with E-state index in [1.807, 2.05) is 54.6 Å². The molecular weight excluding hydrogens is 444 g/mol. The molecule has 0 aliphatic carbocycles. The summed E-state index contributed by atoms with van der Waals surface area (Å²) in [7, 11) is 0. The van der Waals surface area contributed by atoms with Crippen molar-refractivity contribution in [3.05, 3.63) is 126 Å². The standard InChI is InChI=1S/C31H28N4O/c32-22-27(23-33-29-17-9-15-24-10-7-8-16-28(24)29)31(36)35-20-18-34(19-21-35)30(25-11-3-1-4-12-25)26-13-5-2-6-14-26/h1-17,23,30,33H,18-21H2/b27-23-. The van der Waals surface area contributed by atoms with Gasteiger partial charge >= 0.3 is 0 Å². The molecule has 1 fully saturated rings. The van der Waals surface area contributed by atoms with Crippen molar-refractivity contribution in [2.45, 2.75) is 6.04 Å². The molecule has 0 bridgehead atoms. The molecule has 1 aliphatic rings. The van der Waals surface area contributed by atoms with E-state index in [9.17, 15) is 10.1 Å². The van der Waals surface area contributed by atoms with E-state index in [0.29, 0.717) is 13.1 Å². The summed E-state index contributed by atoms with van der Waals surface area (Å²) in [5.74, 6) is -0.235. The molecule has 0 unspecified atom stereocenters. The first-order valence-corrected chi connectivity index (χ1v) is 12.2. The molecule has 4 aromatic rings. The minimum atomic E-state index is -0.235. The second kappa shape index (κ2) is 10.9. The van der Waals surface area contributed by atoms with Crippen molar-refractivity contribution < 1.29 is 4.79 Å². The third-order valence-electron chi connectivity index (χ3n) is 6.71. The summed E-state index contributed by atoms with van der Waals surface area (Å²) in [6.45, 7) is 2.61. The molecule has 0 spiro atoms. The van der Waals surface area contributed by atoms with Gasteiger partial charge < -0.3 is 10.2 Å². The second-order valence-electron chi connectivity index (χ2n) is 8.89. The van der Waals surface area contributed by atoms with Crippen molar-refractivity contribution in [1.82, 2.24) is 9.80 Å². The Balaban J connectivity index is 1.29. The first kappa shape index (κ1) is 23.3. The summed E-state index contributed by atoms with van der Waals surface area (Å²) in [6, 6.07) is 37.2. The number of carbonyl (C=O) groups is 1. The number of hydrogen-bond acceptors (Lipinski definition) is 4. The average molecular weight is 473 g/mol. The number of nitriles is 1. The molecule has 36 heavy (non-hydrogen) atoms. The fraction of sp³-hybridized carbons (Fsp3) is 0.161. The highest BCUT2D eigenvalue weighted by Gasteiger charge is 2.29. The fourth-order valence-electron chi connectivity index (χ4n) is 4.88. The van der Waals surface area contributed by atoms with Gasteiger partial charge in [-0.1, -0.05) is 97.1 Å². The Hall–Kier alpha value is -4.40. The van der Waals surface area contributed by atoms with E-state index in [1.165, 1.54) is 17.3 Å². The lowest BCUT2D eigenvalue weighted by Gasteiger charge is -2.39. The molecule has 0 radical (unpaired) electrons. The molecule has 1 saturated heterocycles. The van der Waals surface area contributed by atoms with E-state index in [2.05, 4.69) is 64.8 Å². The summed E-state index contributed by atoms with van der Waals surface area (Å²) in [5.41, 5.74) is 3.45. The fourth-order valence-corrected chi connectivity index (χ4v) is 4.88. The molecule has 1 heterocycles. The van der Waals surface area contributed by atoms with Crippen molar-refractivity contribution in [2.75, 3.05) is 31.5 Å². The monoisotopic (exact) mass is 472 g/mol. The predicted molar refractivity (Wildman–Crippen MR) is 144 cm³/mol. The van der Waals surface area contributed by atoms with E-state index in [0.717, 1.165) is 29.5 Å². The zero-order valence-corrected chi connectivity index (χ0v) is 20.0. The Labute approximate surface area is 211 Å². The minimum Gasteiger partial charge on any atom is -0.360 e. The van der Waals surface area contributed by atoms with Crippen LogP contribution < -0.4 is 5.32 Å². The Morgan fingerprint density at radius 1 is 0.778 bits per heavy atom. The third-order valence-corrected chi connectivity index (χ3v) is 6.71. The van der Waals surface area contributed by atoms with Gasteiger partial charge in [0.15, 0.2) is 0 Å². The lowest BCUT2D eigenvalue weighted by molar-refractivity contribution is -0.128. The van der Waals surface area contributed by atoms with Crippen molar-refractivity contribution in [1.29, 1.82) is 5.26 Å². The summed E-state index contributed by atoms with van der Waals surface area (Å²) >= 11 is 0. The van der Waals surface area contributed by atoms with Gasteiger partial charge in [0.2, 0.25) is 0 Å². The van der Waals surface area contributed by atoms with Crippen molar-refractivity contribution in [3.8, 4) is 6.07 Å². The number of rotatable bonds is 6. The smallest absolute Gasteiger partial charge is 0.266 e. The first-order valence-electron chi connectivity index (χ1n) is 12.2. The molecule has 1 N–H and O–H groups in total. The summed E-state index contributed by atoms with van der Waals surface area (Å²) in [4.78, 5) is 17.4. The SMILES string of the molecule is N#C/C(=C/Nc1cccc2ccccc12)C(=O)N1CCN(C(c2ccccc2)c2ccccc2)CC1. The van der Waals surface area contributed by atoms with E-state index in [1.54, 1.807) is 4.90 Å². The van der Waals surface area contributed by atoms with Crippen LogP contribution in [0.4, 0.5) is 5.69 Å². The lowest BCUT2D eigenvalue weighted by atomic mass is 9.96. The van der Waals surface area contributed by atoms with Gasteiger partial charge in [-0.05, 0) is 22.6 Å². The van der Waals surface area contributed by atoms with Crippen LogP contribution in [0.15, 0.2) is 115 Å². The van der Waals surface area contributed by atoms with Gasteiger partial charge in [-0.15, -0.1) is 0 Å². The average Bonchev–Trinajstić information content (AvgIpc) is 2.95. The van der Waals surface area contributed by atoms with Crippen molar-refractivity contribution >= 4 is 22.4 Å². The molecule has 0 saturated carbocycles. The van der Waals surface area contributed by atoms with Crippen LogP contribution in [0.3, 0.4) is 0 Å². The zero-order valence-electron chi connectivity index (χ0n) is 20.0. The number of nitrogens with zero attached hydrogens (tertiary/aromatic N) is 3. The zero-order chi connectivity index (χ0) is 24.7. The number of fused-ring (bicyclic) bond motifs is 1. The van der Waals surface area contributed by atoms with Crippen LogP contribution >= 0.6 is 0 Å². The highest BCUT2D eigenvalue weighted by Crippen LogP contribution is 2.29. The maximum Gasteiger partial charge on any atom is 0.266 e. The second-order valence-corrected chi connectivity index (χ2v) is 8.89. The Morgan fingerprint density at radius 3 is 2.00 bits per heavy atom.